The number of benzene rings is 1. The molecule has 1 aromatic carbocycles. The summed E-state index contributed by atoms with van der Waals surface area (Å²) < 4.78 is 0. The zero-order chi connectivity index (χ0) is 18.3. The van der Waals surface area contributed by atoms with Crippen molar-refractivity contribution in [2.45, 2.75) is 25.3 Å². The molecule has 0 saturated carbocycles. The van der Waals surface area contributed by atoms with E-state index in [0.29, 0.717) is 35.9 Å². The molecule has 2 fully saturated rings. The second-order valence-corrected chi connectivity index (χ2v) is 7.57. The third-order valence-corrected chi connectivity index (χ3v) is 5.70. The van der Waals surface area contributed by atoms with Crippen molar-refractivity contribution in [3.05, 3.63) is 34.3 Å². The van der Waals surface area contributed by atoms with Gasteiger partial charge in [0.15, 0.2) is 0 Å². The topological polar surface area (TPSA) is 81.8 Å². The number of amides is 4. The van der Waals surface area contributed by atoms with Gasteiger partial charge < -0.3 is 15.5 Å². The Balaban J connectivity index is 1.55. The van der Waals surface area contributed by atoms with Crippen molar-refractivity contribution >= 4 is 52.6 Å². The molecule has 3 heterocycles. The molecule has 2 N–H and O–H groups in total. The zero-order valence-electron chi connectivity index (χ0n) is 13.8. The highest BCUT2D eigenvalue weighted by Crippen LogP contribution is 2.35. The Morgan fingerprint density at radius 2 is 2.15 bits per heavy atom. The van der Waals surface area contributed by atoms with Crippen LogP contribution in [0.25, 0.3) is 0 Å². The highest BCUT2D eigenvalue weighted by Gasteiger charge is 2.47. The second kappa shape index (κ2) is 6.85. The first-order valence-corrected chi connectivity index (χ1v) is 9.80. The van der Waals surface area contributed by atoms with Crippen molar-refractivity contribution in [2.24, 2.45) is 0 Å². The molecule has 1 aromatic rings. The number of imide groups is 1. The Bertz CT molecular complexity index is 804. The number of nitrogens with zero attached hydrogens (tertiary/aromatic N) is 2. The number of hydrogen-bond acceptors (Lipinski definition) is 5. The summed E-state index contributed by atoms with van der Waals surface area (Å²) in [6.07, 6.45) is 2.53. The molecule has 1 atom stereocenters. The van der Waals surface area contributed by atoms with Crippen molar-refractivity contribution in [2.75, 3.05) is 22.6 Å². The molecule has 26 heavy (non-hydrogen) atoms. The SMILES string of the molecule is O=C(Nc1ccc(N2C(=O)C3CCCCN3C2=O)c(Cl)c1)C1=CSCN1. The number of hydrogen-bond donors (Lipinski definition) is 2. The lowest BCUT2D eigenvalue weighted by Crippen LogP contribution is -2.39. The summed E-state index contributed by atoms with van der Waals surface area (Å²) in [6, 6.07) is 4.08. The van der Waals surface area contributed by atoms with E-state index < -0.39 is 0 Å². The summed E-state index contributed by atoms with van der Waals surface area (Å²) in [4.78, 5) is 40.2. The van der Waals surface area contributed by atoms with Crippen LogP contribution in [0, 0.1) is 0 Å². The predicted molar refractivity (Wildman–Crippen MR) is 101 cm³/mol. The largest absolute Gasteiger partial charge is 0.371 e. The number of urea groups is 1. The minimum Gasteiger partial charge on any atom is -0.371 e. The van der Waals surface area contributed by atoms with Crippen LogP contribution in [0.5, 0.6) is 0 Å². The van der Waals surface area contributed by atoms with Crippen LogP contribution in [0.3, 0.4) is 0 Å². The Kier molecular flexibility index (Phi) is 4.54. The predicted octanol–water partition coefficient (Wildman–Crippen LogP) is 2.73. The van der Waals surface area contributed by atoms with Gasteiger partial charge in [0.1, 0.15) is 11.7 Å². The number of rotatable bonds is 3. The summed E-state index contributed by atoms with van der Waals surface area (Å²) in [5, 5.41) is 7.71. The summed E-state index contributed by atoms with van der Waals surface area (Å²) >= 11 is 7.84. The number of carbonyl (C=O) groups excluding carboxylic acids is 3. The van der Waals surface area contributed by atoms with Crippen LogP contribution in [0.1, 0.15) is 19.3 Å². The molecule has 0 aliphatic carbocycles. The molecule has 0 aromatic heterocycles. The zero-order valence-corrected chi connectivity index (χ0v) is 15.4. The highest BCUT2D eigenvalue weighted by atomic mass is 35.5. The maximum Gasteiger partial charge on any atom is 0.332 e. The van der Waals surface area contributed by atoms with E-state index in [9.17, 15) is 14.4 Å². The smallest absolute Gasteiger partial charge is 0.332 e. The number of halogens is 1. The average Bonchev–Trinajstić information content (AvgIpc) is 3.25. The Labute approximate surface area is 159 Å². The first-order chi connectivity index (χ1) is 12.6. The van der Waals surface area contributed by atoms with Gasteiger partial charge in [-0.3, -0.25) is 9.59 Å². The average molecular weight is 393 g/mol. The Hall–Kier alpha value is -2.19. The Morgan fingerprint density at radius 1 is 1.31 bits per heavy atom. The fourth-order valence-electron chi connectivity index (χ4n) is 3.40. The maximum absolute atomic E-state index is 12.7. The van der Waals surface area contributed by atoms with Crippen molar-refractivity contribution in [1.82, 2.24) is 10.2 Å². The number of fused-ring (bicyclic) bond motifs is 1. The van der Waals surface area contributed by atoms with Gasteiger partial charge in [-0.1, -0.05) is 11.6 Å². The molecule has 0 bridgehead atoms. The Morgan fingerprint density at radius 3 is 2.85 bits per heavy atom. The van der Waals surface area contributed by atoms with Crippen LogP contribution < -0.4 is 15.5 Å². The minimum absolute atomic E-state index is 0.231. The molecule has 4 rings (SSSR count). The van der Waals surface area contributed by atoms with Crippen LogP contribution in [0.15, 0.2) is 29.3 Å². The van der Waals surface area contributed by atoms with Crippen LogP contribution in [0.2, 0.25) is 5.02 Å². The molecule has 2 saturated heterocycles. The van der Waals surface area contributed by atoms with Gasteiger partial charge in [-0.25, -0.2) is 9.69 Å². The van der Waals surface area contributed by atoms with E-state index in [2.05, 4.69) is 10.6 Å². The van der Waals surface area contributed by atoms with Gasteiger partial charge in [0, 0.05) is 17.6 Å². The van der Waals surface area contributed by atoms with Crippen LogP contribution >= 0.6 is 23.4 Å². The maximum atomic E-state index is 12.7. The number of anilines is 2. The van der Waals surface area contributed by atoms with E-state index in [1.807, 2.05) is 0 Å². The summed E-state index contributed by atoms with van der Waals surface area (Å²) in [7, 11) is 0. The van der Waals surface area contributed by atoms with Crippen LogP contribution in [0.4, 0.5) is 16.2 Å². The van der Waals surface area contributed by atoms with Gasteiger partial charge >= 0.3 is 6.03 Å². The lowest BCUT2D eigenvalue weighted by molar-refractivity contribution is -0.120. The number of piperidine rings is 1. The van der Waals surface area contributed by atoms with E-state index in [1.165, 1.54) is 11.8 Å². The van der Waals surface area contributed by atoms with Gasteiger partial charge in [0.25, 0.3) is 11.8 Å². The van der Waals surface area contributed by atoms with E-state index >= 15 is 0 Å². The molecule has 9 heteroatoms. The van der Waals surface area contributed by atoms with Crippen molar-refractivity contribution in [3.63, 3.8) is 0 Å². The number of nitrogens with one attached hydrogen (secondary N) is 2. The fourth-order valence-corrected chi connectivity index (χ4v) is 4.34. The fraction of sp³-hybridized carbons (Fsp3) is 0.353. The molecule has 7 nitrogen and oxygen atoms in total. The van der Waals surface area contributed by atoms with Gasteiger partial charge in [-0.15, -0.1) is 11.8 Å². The molecule has 136 valence electrons. The quantitative estimate of drug-likeness (QED) is 0.773. The molecule has 4 amide bonds. The number of thioether (sulfide) groups is 1. The molecule has 3 aliphatic rings. The highest BCUT2D eigenvalue weighted by molar-refractivity contribution is 8.02. The first kappa shape index (κ1) is 17.2. The second-order valence-electron chi connectivity index (χ2n) is 6.30. The minimum atomic E-state index is -0.385. The summed E-state index contributed by atoms with van der Waals surface area (Å²) in [5.74, 6) is 0.175. The van der Waals surface area contributed by atoms with Crippen LogP contribution in [-0.4, -0.2) is 41.2 Å². The monoisotopic (exact) mass is 392 g/mol. The third-order valence-electron chi connectivity index (χ3n) is 4.68. The van der Waals surface area contributed by atoms with Crippen molar-refractivity contribution < 1.29 is 14.4 Å². The van der Waals surface area contributed by atoms with E-state index in [1.54, 1.807) is 28.5 Å². The van der Waals surface area contributed by atoms with E-state index in [0.717, 1.165) is 17.7 Å². The molecular weight excluding hydrogens is 376 g/mol. The first-order valence-electron chi connectivity index (χ1n) is 8.37. The molecule has 0 radical (unpaired) electrons. The molecule has 1 unspecified atom stereocenters. The molecular formula is C17H17ClN4O3S. The van der Waals surface area contributed by atoms with E-state index in [-0.39, 0.29) is 28.9 Å². The van der Waals surface area contributed by atoms with Gasteiger partial charge in [0.05, 0.1) is 16.6 Å². The number of carbonyl (C=O) groups is 3. The van der Waals surface area contributed by atoms with Gasteiger partial charge in [0.2, 0.25) is 0 Å². The van der Waals surface area contributed by atoms with Crippen molar-refractivity contribution in [1.29, 1.82) is 0 Å². The lowest BCUT2D eigenvalue weighted by atomic mass is 10.0. The molecule has 0 spiro atoms. The molecule has 3 aliphatic heterocycles. The normalized spacial score (nSPS) is 22.2. The standard InChI is InChI=1S/C17H17ClN4O3S/c18-11-7-10(20-15(23)12-8-26-9-19-12)4-5-13(11)22-16(24)14-3-1-2-6-21(14)17(22)25/h4-5,7-8,14,19H,1-3,6,9H2,(H,20,23). The summed E-state index contributed by atoms with van der Waals surface area (Å²) in [6.45, 7) is 0.595. The van der Waals surface area contributed by atoms with Gasteiger partial charge in [-0.05, 0) is 37.5 Å². The van der Waals surface area contributed by atoms with Crippen molar-refractivity contribution in [3.8, 4) is 0 Å². The summed E-state index contributed by atoms with van der Waals surface area (Å²) in [5.41, 5.74) is 1.35. The third kappa shape index (κ3) is 2.93. The lowest BCUT2D eigenvalue weighted by Gasteiger charge is -2.26. The van der Waals surface area contributed by atoms with E-state index in [4.69, 9.17) is 11.6 Å². The van der Waals surface area contributed by atoms with Crippen LogP contribution in [-0.2, 0) is 9.59 Å². The van der Waals surface area contributed by atoms with Gasteiger partial charge in [-0.2, -0.15) is 0 Å².